The van der Waals surface area contributed by atoms with Crippen LogP contribution in [0.1, 0.15) is 5.69 Å². The first-order chi connectivity index (χ1) is 12.1. The molecule has 0 radical (unpaired) electrons. The summed E-state index contributed by atoms with van der Waals surface area (Å²) < 4.78 is 76.2. The average molecular weight is 385 g/mol. The Balaban J connectivity index is 2.16. The number of hydrogen-bond acceptors (Lipinski definition) is 4. The van der Waals surface area contributed by atoms with E-state index >= 15 is 0 Å². The first-order valence-electron chi connectivity index (χ1n) is 7.15. The molecule has 26 heavy (non-hydrogen) atoms. The van der Waals surface area contributed by atoms with Gasteiger partial charge in [0.25, 0.3) is 0 Å². The van der Waals surface area contributed by atoms with Crippen molar-refractivity contribution in [3.8, 4) is 17.1 Å². The van der Waals surface area contributed by atoms with Crippen molar-refractivity contribution in [3.63, 3.8) is 0 Å². The number of rotatable bonds is 3. The van der Waals surface area contributed by atoms with Crippen molar-refractivity contribution >= 4 is 9.84 Å². The number of nitrogens with zero attached hydrogens (tertiary/aromatic N) is 3. The van der Waals surface area contributed by atoms with Crippen LogP contribution in [0.15, 0.2) is 53.6 Å². The van der Waals surface area contributed by atoms with E-state index in [1.54, 1.807) is 0 Å². The van der Waals surface area contributed by atoms with E-state index in [4.69, 9.17) is 0 Å². The van der Waals surface area contributed by atoms with Gasteiger partial charge in [0, 0.05) is 18.0 Å². The molecule has 3 aromatic rings. The van der Waals surface area contributed by atoms with Gasteiger partial charge in [-0.2, -0.15) is 18.3 Å². The standard InChI is InChI=1S/C16H11F4N3O2S/c1-26(24,25)12-6-7-15(21-9-12)23-13(8-14(22-23)16(18,19)20)10-2-4-11(17)5-3-10/h2-9H,1H3. The zero-order chi connectivity index (χ0) is 19.1. The first kappa shape index (κ1) is 18.1. The highest BCUT2D eigenvalue weighted by atomic mass is 32.2. The fourth-order valence-electron chi connectivity index (χ4n) is 2.24. The van der Waals surface area contributed by atoms with Crippen LogP contribution in [0, 0.1) is 5.82 Å². The maximum Gasteiger partial charge on any atom is 0.435 e. The lowest BCUT2D eigenvalue weighted by molar-refractivity contribution is -0.141. The fourth-order valence-corrected chi connectivity index (χ4v) is 2.80. The Bertz CT molecular complexity index is 1040. The Morgan fingerprint density at radius 2 is 1.69 bits per heavy atom. The molecule has 0 aliphatic rings. The van der Waals surface area contributed by atoms with Gasteiger partial charge in [-0.05, 0) is 42.5 Å². The van der Waals surface area contributed by atoms with Gasteiger partial charge in [0.2, 0.25) is 0 Å². The van der Waals surface area contributed by atoms with Crippen molar-refractivity contribution in [1.82, 2.24) is 14.8 Å². The summed E-state index contributed by atoms with van der Waals surface area (Å²) in [5.74, 6) is -0.543. The topological polar surface area (TPSA) is 64.8 Å². The highest BCUT2D eigenvalue weighted by molar-refractivity contribution is 7.90. The molecule has 1 aromatic carbocycles. The summed E-state index contributed by atoms with van der Waals surface area (Å²) in [6.45, 7) is 0. The van der Waals surface area contributed by atoms with Crippen LogP contribution in [0.5, 0.6) is 0 Å². The molecular weight excluding hydrogens is 374 g/mol. The molecule has 2 aromatic heterocycles. The van der Waals surface area contributed by atoms with Crippen molar-refractivity contribution in [2.45, 2.75) is 11.1 Å². The lowest BCUT2D eigenvalue weighted by atomic mass is 10.1. The number of hydrogen-bond donors (Lipinski definition) is 0. The third-order valence-electron chi connectivity index (χ3n) is 3.51. The van der Waals surface area contributed by atoms with Crippen LogP contribution in [-0.4, -0.2) is 29.4 Å². The Labute approximate surface area is 145 Å². The van der Waals surface area contributed by atoms with E-state index in [-0.39, 0.29) is 16.4 Å². The van der Waals surface area contributed by atoms with Crippen molar-refractivity contribution in [3.05, 3.63) is 60.2 Å². The van der Waals surface area contributed by atoms with E-state index in [0.717, 1.165) is 35.3 Å². The molecule has 0 spiro atoms. The Morgan fingerprint density at radius 1 is 1.04 bits per heavy atom. The minimum absolute atomic E-state index is 0.00720. The third-order valence-corrected chi connectivity index (χ3v) is 4.60. The van der Waals surface area contributed by atoms with Crippen LogP contribution in [0.3, 0.4) is 0 Å². The highest BCUT2D eigenvalue weighted by Crippen LogP contribution is 2.33. The molecule has 0 amide bonds. The fraction of sp³-hybridized carbons (Fsp3) is 0.125. The highest BCUT2D eigenvalue weighted by Gasteiger charge is 2.35. The predicted molar refractivity (Wildman–Crippen MR) is 84.9 cm³/mol. The zero-order valence-electron chi connectivity index (χ0n) is 13.2. The summed E-state index contributed by atoms with van der Waals surface area (Å²) in [6, 6.07) is 8.14. The third kappa shape index (κ3) is 3.59. The summed E-state index contributed by atoms with van der Waals surface area (Å²) in [6.07, 6.45) is -2.66. The summed E-state index contributed by atoms with van der Waals surface area (Å²) in [4.78, 5) is 3.82. The van der Waals surface area contributed by atoms with E-state index in [1.165, 1.54) is 24.3 Å². The smallest absolute Gasteiger partial charge is 0.236 e. The molecule has 5 nitrogen and oxygen atoms in total. The second-order valence-electron chi connectivity index (χ2n) is 5.46. The van der Waals surface area contributed by atoms with Gasteiger partial charge in [-0.25, -0.2) is 22.5 Å². The molecule has 0 atom stereocenters. The second-order valence-corrected chi connectivity index (χ2v) is 7.47. The van der Waals surface area contributed by atoms with Crippen LogP contribution in [0.25, 0.3) is 17.1 Å². The summed E-state index contributed by atoms with van der Waals surface area (Å²) in [7, 11) is -3.50. The van der Waals surface area contributed by atoms with Gasteiger partial charge in [0.1, 0.15) is 5.82 Å². The van der Waals surface area contributed by atoms with Crippen LogP contribution in [-0.2, 0) is 16.0 Å². The monoisotopic (exact) mass is 385 g/mol. The van der Waals surface area contributed by atoms with Crippen molar-refractivity contribution in [2.75, 3.05) is 6.26 Å². The molecule has 10 heteroatoms. The van der Waals surface area contributed by atoms with Gasteiger partial charge in [-0.1, -0.05) is 0 Å². The minimum Gasteiger partial charge on any atom is -0.236 e. The maximum absolute atomic E-state index is 13.1. The number of benzene rings is 1. The zero-order valence-corrected chi connectivity index (χ0v) is 14.0. The van der Waals surface area contributed by atoms with Gasteiger partial charge in [0.15, 0.2) is 21.3 Å². The van der Waals surface area contributed by atoms with E-state index < -0.39 is 27.5 Å². The molecule has 0 aliphatic heterocycles. The molecular formula is C16H11F4N3O2S. The van der Waals surface area contributed by atoms with E-state index in [9.17, 15) is 26.0 Å². The van der Waals surface area contributed by atoms with Gasteiger partial charge in [0.05, 0.1) is 10.6 Å². The van der Waals surface area contributed by atoms with E-state index in [2.05, 4.69) is 10.1 Å². The molecule has 0 unspecified atom stereocenters. The maximum atomic E-state index is 13.1. The Morgan fingerprint density at radius 3 is 2.19 bits per heavy atom. The van der Waals surface area contributed by atoms with E-state index in [1.807, 2.05) is 0 Å². The summed E-state index contributed by atoms with van der Waals surface area (Å²) in [5, 5.41) is 3.53. The Hall–Kier alpha value is -2.75. The molecule has 0 fully saturated rings. The van der Waals surface area contributed by atoms with E-state index in [0.29, 0.717) is 5.56 Å². The lowest BCUT2D eigenvalue weighted by Gasteiger charge is -2.07. The van der Waals surface area contributed by atoms with Crippen molar-refractivity contribution < 1.29 is 26.0 Å². The van der Waals surface area contributed by atoms with Crippen molar-refractivity contribution in [1.29, 1.82) is 0 Å². The second kappa shape index (κ2) is 6.20. The quantitative estimate of drug-likeness (QED) is 0.648. The molecule has 0 N–H and O–H groups in total. The first-order valence-corrected chi connectivity index (χ1v) is 9.04. The number of halogens is 4. The van der Waals surface area contributed by atoms with Gasteiger partial charge >= 0.3 is 6.18 Å². The van der Waals surface area contributed by atoms with Gasteiger partial charge in [-0.15, -0.1) is 0 Å². The SMILES string of the molecule is CS(=O)(=O)c1ccc(-n2nc(C(F)(F)F)cc2-c2ccc(F)cc2)nc1. The number of aromatic nitrogens is 3. The molecule has 0 bridgehead atoms. The summed E-state index contributed by atoms with van der Waals surface area (Å²) >= 11 is 0. The van der Waals surface area contributed by atoms with Gasteiger partial charge < -0.3 is 0 Å². The minimum atomic E-state index is -4.69. The molecule has 3 rings (SSSR count). The van der Waals surface area contributed by atoms with Gasteiger partial charge in [-0.3, -0.25) is 0 Å². The summed E-state index contributed by atoms with van der Waals surface area (Å²) in [5.41, 5.74) is -0.814. The predicted octanol–water partition coefficient (Wildman–Crippen LogP) is 3.50. The molecule has 0 saturated heterocycles. The molecule has 136 valence electrons. The lowest BCUT2D eigenvalue weighted by Crippen LogP contribution is -2.08. The van der Waals surface area contributed by atoms with Crippen molar-refractivity contribution in [2.24, 2.45) is 0 Å². The largest absolute Gasteiger partial charge is 0.435 e. The molecule has 0 aliphatic carbocycles. The number of pyridine rings is 1. The van der Waals surface area contributed by atoms with Crippen LogP contribution < -0.4 is 0 Å². The molecule has 2 heterocycles. The number of alkyl halides is 3. The average Bonchev–Trinajstić information content (AvgIpc) is 3.00. The normalized spacial score (nSPS) is 12.3. The van der Waals surface area contributed by atoms with Crippen LogP contribution >= 0.6 is 0 Å². The Kier molecular flexibility index (Phi) is 4.31. The number of sulfone groups is 1. The van der Waals surface area contributed by atoms with Crippen LogP contribution in [0.2, 0.25) is 0 Å². The molecule has 0 saturated carbocycles. The van der Waals surface area contributed by atoms with Crippen LogP contribution in [0.4, 0.5) is 17.6 Å².